The fourth-order valence-corrected chi connectivity index (χ4v) is 1.90. The molecule has 1 aliphatic heterocycles. The maximum absolute atomic E-state index is 4.07. The maximum atomic E-state index is 4.07. The largest absolute Gasteiger partial charge is 0.342 e. The van der Waals surface area contributed by atoms with Crippen LogP contribution in [0.3, 0.4) is 0 Å². The molecule has 1 aromatic carbocycles. The van der Waals surface area contributed by atoms with Gasteiger partial charge in [-0.05, 0) is 18.2 Å². The standard InChI is InChI=1S/C12H10N3/c1-15-11-5-3-2-4-9(11)8-12(15)10-6-7-13-14-10/h2-8H,1H3. The van der Waals surface area contributed by atoms with Crippen molar-refractivity contribution >= 4 is 16.6 Å². The van der Waals surface area contributed by atoms with Crippen LogP contribution in [0.15, 0.2) is 47.7 Å². The average molecular weight is 196 g/mol. The van der Waals surface area contributed by atoms with E-state index in [1.54, 1.807) is 6.20 Å². The number of fused-ring (bicyclic) bond motifs is 1. The maximum Gasteiger partial charge on any atom is 0.111 e. The van der Waals surface area contributed by atoms with E-state index in [1.807, 2.05) is 25.3 Å². The third kappa shape index (κ3) is 1.16. The van der Waals surface area contributed by atoms with E-state index in [1.165, 1.54) is 10.9 Å². The number of para-hydroxylation sites is 1. The molecule has 3 rings (SSSR count). The van der Waals surface area contributed by atoms with Gasteiger partial charge in [-0.25, -0.2) is 0 Å². The summed E-state index contributed by atoms with van der Waals surface area (Å²) in [7, 11) is 2.05. The Balaban J connectivity index is 2.28. The van der Waals surface area contributed by atoms with Crippen molar-refractivity contribution in [3.05, 3.63) is 48.3 Å². The summed E-state index contributed by atoms with van der Waals surface area (Å²) >= 11 is 0. The Labute approximate surface area is 87.7 Å². The van der Waals surface area contributed by atoms with Gasteiger partial charge in [0.1, 0.15) is 5.71 Å². The first-order valence-electron chi connectivity index (χ1n) is 4.85. The summed E-state index contributed by atoms with van der Waals surface area (Å²) in [6.45, 7) is 0. The Morgan fingerprint density at radius 3 is 2.80 bits per heavy atom. The molecule has 3 nitrogen and oxygen atoms in total. The van der Waals surface area contributed by atoms with Gasteiger partial charge in [0.25, 0.3) is 0 Å². The summed E-state index contributed by atoms with van der Waals surface area (Å²) < 4.78 is 2.14. The van der Waals surface area contributed by atoms with Crippen LogP contribution in [0.4, 0.5) is 0 Å². The molecule has 2 aromatic rings. The summed E-state index contributed by atoms with van der Waals surface area (Å²) in [5, 5.41) is 5.31. The minimum absolute atomic E-state index is 0.925. The van der Waals surface area contributed by atoms with E-state index >= 15 is 0 Å². The van der Waals surface area contributed by atoms with Crippen molar-refractivity contribution in [3.8, 4) is 0 Å². The first kappa shape index (κ1) is 8.29. The van der Waals surface area contributed by atoms with E-state index in [0.717, 1.165) is 11.4 Å². The molecular formula is C12H10N3. The Bertz CT molecular complexity index is 576. The second-order valence-corrected chi connectivity index (χ2v) is 3.56. The van der Waals surface area contributed by atoms with Crippen molar-refractivity contribution < 1.29 is 0 Å². The van der Waals surface area contributed by atoms with Crippen LogP contribution in [0, 0.1) is 0 Å². The van der Waals surface area contributed by atoms with Crippen molar-refractivity contribution in [2.45, 2.75) is 0 Å². The predicted molar refractivity (Wildman–Crippen MR) is 60.7 cm³/mol. The lowest BCUT2D eigenvalue weighted by Gasteiger charge is -2.00. The molecule has 15 heavy (non-hydrogen) atoms. The second kappa shape index (κ2) is 2.98. The lowest BCUT2D eigenvalue weighted by molar-refractivity contribution is 0.938. The minimum atomic E-state index is 0.925. The molecule has 0 N–H and O–H groups in total. The number of allylic oxidation sites excluding steroid dienone is 1. The highest BCUT2D eigenvalue weighted by Crippen LogP contribution is 2.19. The summed E-state index contributed by atoms with van der Waals surface area (Å²) in [5.41, 5.74) is 7.09. The Morgan fingerprint density at radius 1 is 1.20 bits per heavy atom. The zero-order valence-corrected chi connectivity index (χ0v) is 8.38. The van der Waals surface area contributed by atoms with Crippen LogP contribution in [-0.2, 0) is 7.05 Å². The Morgan fingerprint density at radius 2 is 2.07 bits per heavy atom. The van der Waals surface area contributed by atoms with Gasteiger partial charge in [-0.3, -0.25) is 0 Å². The van der Waals surface area contributed by atoms with Crippen molar-refractivity contribution in [1.29, 1.82) is 0 Å². The van der Waals surface area contributed by atoms with Crippen molar-refractivity contribution in [2.75, 3.05) is 0 Å². The molecule has 1 aliphatic rings. The topological polar surface area (TPSA) is 31.4 Å². The van der Waals surface area contributed by atoms with Crippen LogP contribution in [0.1, 0.15) is 5.69 Å². The van der Waals surface area contributed by atoms with Gasteiger partial charge < -0.3 is 4.57 Å². The van der Waals surface area contributed by atoms with E-state index in [0.29, 0.717) is 0 Å². The molecule has 0 atom stereocenters. The predicted octanol–water partition coefficient (Wildman–Crippen LogP) is 2.01. The highest BCUT2D eigenvalue weighted by atomic mass is 15.3. The van der Waals surface area contributed by atoms with Gasteiger partial charge >= 0.3 is 0 Å². The smallest absolute Gasteiger partial charge is 0.111 e. The summed E-state index contributed by atoms with van der Waals surface area (Å²) in [6, 6.07) is 10.4. The van der Waals surface area contributed by atoms with Gasteiger partial charge in [-0.1, -0.05) is 18.2 Å². The number of hydrogen-bond donors (Lipinski definition) is 0. The van der Waals surface area contributed by atoms with Gasteiger partial charge in [-0.15, -0.1) is 5.10 Å². The monoisotopic (exact) mass is 196 g/mol. The molecular weight excluding hydrogens is 186 g/mol. The van der Waals surface area contributed by atoms with E-state index in [-0.39, 0.29) is 0 Å². The van der Waals surface area contributed by atoms with Crippen LogP contribution < -0.4 is 5.43 Å². The molecule has 0 saturated carbocycles. The lowest BCUT2D eigenvalue weighted by atomic mass is 10.2. The van der Waals surface area contributed by atoms with Gasteiger partial charge in [0, 0.05) is 18.0 Å². The molecule has 1 radical (unpaired) electrons. The van der Waals surface area contributed by atoms with Gasteiger partial charge in [-0.2, -0.15) is 5.43 Å². The molecule has 0 unspecified atom stereocenters. The highest BCUT2D eigenvalue weighted by molar-refractivity contribution is 6.10. The number of aromatic nitrogens is 1. The lowest BCUT2D eigenvalue weighted by Crippen LogP contribution is -2.02. The van der Waals surface area contributed by atoms with Crippen molar-refractivity contribution in [2.24, 2.45) is 12.1 Å². The molecule has 3 heteroatoms. The van der Waals surface area contributed by atoms with Gasteiger partial charge in [0.05, 0.1) is 11.9 Å². The third-order valence-electron chi connectivity index (χ3n) is 2.68. The molecule has 73 valence electrons. The molecule has 0 fully saturated rings. The van der Waals surface area contributed by atoms with Crippen molar-refractivity contribution in [3.63, 3.8) is 0 Å². The number of rotatable bonds is 1. The van der Waals surface area contributed by atoms with Gasteiger partial charge in [0.15, 0.2) is 0 Å². The number of benzene rings is 1. The Hall–Kier alpha value is -2.03. The zero-order chi connectivity index (χ0) is 10.3. The second-order valence-electron chi connectivity index (χ2n) is 3.56. The first-order valence-corrected chi connectivity index (χ1v) is 4.85. The minimum Gasteiger partial charge on any atom is -0.342 e. The molecule has 0 aliphatic carbocycles. The van der Waals surface area contributed by atoms with Crippen molar-refractivity contribution in [1.82, 2.24) is 9.99 Å². The molecule has 0 saturated heterocycles. The SMILES string of the molecule is Cn1c(C2=N[N]C=C2)cc2ccccc21. The third-order valence-corrected chi connectivity index (χ3v) is 2.68. The van der Waals surface area contributed by atoms with Crippen LogP contribution >= 0.6 is 0 Å². The molecule has 0 spiro atoms. The van der Waals surface area contributed by atoms with Crippen LogP contribution in [0.5, 0.6) is 0 Å². The fraction of sp³-hybridized carbons (Fsp3) is 0.0833. The molecule has 0 bridgehead atoms. The summed E-state index contributed by atoms with van der Waals surface area (Å²) in [4.78, 5) is 0. The number of aryl methyl sites for hydroxylation is 1. The van der Waals surface area contributed by atoms with Crippen LogP contribution in [0.25, 0.3) is 10.9 Å². The summed E-state index contributed by atoms with van der Waals surface area (Å²) in [5.74, 6) is 0. The number of nitrogens with zero attached hydrogens (tertiary/aromatic N) is 3. The zero-order valence-electron chi connectivity index (χ0n) is 8.38. The van der Waals surface area contributed by atoms with Crippen LogP contribution in [0.2, 0.25) is 0 Å². The normalized spacial score (nSPS) is 14.3. The highest BCUT2D eigenvalue weighted by Gasteiger charge is 2.11. The molecule has 1 aromatic heterocycles. The van der Waals surface area contributed by atoms with E-state index in [4.69, 9.17) is 0 Å². The van der Waals surface area contributed by atoms with E-state index in [9.17, 15) is 0 Å². The number of hydrogen-bond acceptors (Lipinski definition) is 1. The quantitative estimate of drug-likeness (QED) is 0.668. The van der Waals surface area contributed by atoms with Gasteiger partial charge in [0.2, 0.25) is 0 Å². The summed E-state index contributed by atoms with van der Waals surface area (Å²) in [6.07, 6.45) is 3.64. The van der Waals surface area contributed by atoms with Crippen LogP contribution in [-0.4, -0.2) is 10.3 Å². The fourth-order valence-electron chi connectivity index (χ4n) is 1.90. The first-order chi connectivity index (χ1) is 7.36. The Kier molecular flexibility index (Phi) is 1.65. The van der Waals surface area contributed by atoms with E-state index in [2.05, 4.69) is 33.3 Å². The van der Waals surface area contributed by atoms with E-state index < -0.39 is 0 Å². The molecule has 0 amide bonds. The molecule has 2 heterocycles. The average Bonchev–Trinajstić information content (AvgIpc) is 2.87.